The summed E-state index contributed by atoms with van der Waals surface area (Å²) in [7, 11) is 0. The van der Waals surface area contributed by atoms with Gasteiger partial charge in [-0.2, -0.15) is 4.98 Å². The van der Waals surface area contributed by atoms with Crippen LogP contribution in [-0.4, -0.2) is 34.2 Å². The lowest BCUT2D eigenvalue weighted by Gasteiger charge is -2.29. The molecule has 1 aromatic carbocycles. The minimum Gasteiger partial charge on any atom is -0.338 e. The summed E-state index contributed by atoms with van der Waals surface area (Å²) in [5, 5.41) is 4.67. The Morgan fingerprint density at radius 3 is 3.15 bits per heavy atom. The summed E-state index contributed by atoms with van der Waals surface area (Å²) >= 11 is 5.96. The van der Waals surface area contributed by atoms with E-state index in [2.05, 4.69) is 15.0 Å². The maximum Gasteiger partial charge on any atom is 0.241 e. The van der Waals surface area contributed by atoms with Crippen molar-refractivity contribution < 1.29 is 4.52 Å². The molecule has 1 unspecified atom stereocenters. The average Bonchev–Trinajstić information content (AvgIpc) is 2.87. The number of likely N-dealkylation sites (tertiary alicyclic amines) is 1. The Labute approximate surface area is 122 Å². The summed E-state index contributed by atoms with van der Waals surface area (Å²) in [4.78, 5) is 6.68. The highest BCUT2D eigenvalue weighted by Gasteiger charge is 2.19. The summed E-state index contributed by atoms with van der Waals surface area (Å²) < 4.78 is 5.31. The monoisotopic (exact) mass is 292 g/mol. The minimum absolute atomic E-state index is 0.249. The van der Waals surface area contributed by atoms with E-state index < -0.39 is 0 Å². The Balaban J connectivity index is 1.70. The molecule has 6 heteroatoms. The smallest absolute Gasteiger partial charge is 0.241 e. The number of benzene rings is 1. The van der Waals surface area contributed by atoms with Gasteiger partial charge in [-0.1, -0.05) is 28.9 Å². The molecule has 0 spiro atoms. The van der Waals surface area contributed by atoms with Gasteiger partial charge in [0.2, 0.25) is 11.7 Å². The summed E-state index contributed by atoms with van der Waals surface area (Å²) in [6, 6.07) is 7.68. The first kappa shape index (κ1) is 13.5. The lowest BCUT2D eigenvalue weighted by molar-refractivity contribution is 0.178. The van der Waals surface area contributed by atoms with Crippen molar-refractivity contribution in [1.29, 1.82) is 0 Å². The van der Waals surface area contributed by atoms with Crippen molar-refractivity contribution in [2.24, 2.45) is 5.73 Å². The molecule has 1 fully saturated rings. The predicted octanol–water partition coefficient (Wildman–Crippen LogP) is 2.31. The van der Waals surface area contributed by atoms with Crippen molar-refractivity contribution in [3.8, 4) is 11.4 Å². The van der Waals surface area contributed by atoms with E-state index in [1.54, 1.807) is 0 Å². The van der Waals surface area contributed by atoms with E-state index in [4.69, 9.17) is 21.9 Å². The van der Waals surface area contributed by atoms with Gasteiger partial charge in [0.1, 0.15) is 0 Å². The molecule has 2 heterocycles. The molecule has 3 rings (SSSR count). The molecule has 5 nitrogen and oxygen atoms in total. The minimum atomic E-state index is 0.249. The third kappa shape index (κ3) is 3.17. The van der Waals surface area contributed by atoms with Gasteiger partial charge >= 0.3 is 0 Å². The van der Waals surface area contributed by atoms with Crippen LogP contribution in [0.3, 0.4) is 0 Å². The van der Waals surface area contributed by atoms with Gasteiger partial charge in [0.15, 0.2) is 0 Å². The molecule has 1 saturated heterocycles. The van der Waals surface area contributed by atoms with Gasteiger partial charge < -0.3 is 10.3 Å². The Morgan fingerprint density at radius 2 is 2.35 bits per heavy atom. The van der Waals surface area contributed by atoms with Crippen LogP contribution in [0.1, 0.15) is 18.7 Å². The fraction of sp³-hybridized carbons (Fsp3) is 0.429. The number of nitrogens with zero attached hydrogens (tertiary/aromatic N) is 3. The van der Waals surface area contributed by atoms with E-state index in [1.807, 2.05) is 24.3 Å². The third-order valence-corrected chi connectivity index (χ3v) is 3.69. The number of piperidine rings is 1. The topological polar surface area (TPSA) is 68.2 Å². The number of halogens is 1. The maximum atomic E-state index is 5.97. The highest BCUT2D eigenvalue weighted by atomic mass is 35.5. The molecule has 0 amide bonds. The van der Waals surface area contributed by atoms with Crippen LogP contribution < -0.4 is 5.73 Å². The van der Waals surface area contributed by atoms with Crippen LogP contribution in [0, 0.1) is 0 Å². The van der Waals surface area contributed by atoms with E-state index in [0.29, 0.717) is 23.3 Å². The van der Waals surface area contributed by atoms with E-state index in [0.717, 1.165) is 31.5 Å². The van der Waals surface area contributed by atoms with E-state index in [9.17, 15) is 0 Å². The van der Waals surface area contributed by atoms with Gasteiger partial charge in [-0.05, 0) is 31.5 Å². The van der Waals surface area contributed by atoms with Crippen LogP contribution >= 0.6 is 11.6 Å². The number of hydrogen-bond acceptors (Lipinski definition) is 5. The maximum absolute atomic E-state index is 5.97. The Morgan fingerprint density at radius 1 is 1.45 bits per heavy atom. The fourth-order valence-corrected chi connectivity index (χ4v) is 2.68. The van der Waals surface area contributed by atoms with Crippen LogP contribution in [0.15, 0.2) is 28.8 Å². The van der Waals surface area contributed by atoms with E-state index >= 15 is 0 Å². The molecule has 1 atom stereocenters. The van der Waals surface area contributed by atoms with E-state index in [1.165, 1.54) is 0 Å². The number of nitrogens with two attached hydrogens (primary N) is 1. The summed E-state index contributed by atoms with van der Waals surface area (Å²) in [6.07, 6.45) is 2.21. The number of aromatic nitrogens is 2. The molecule has 0 aliphatic carbocycles. The molecule has 2 aromatic rings. The van der Waals surface area contributed by atoms with Gasteiger partial charge in [0, 0.05) is 23.2 Å². The molecular formula is C14H17ClN4O. The van der Waals surface area contributed by atoms with Gasteiger partial charge in [-0.3, -0.25) is 4.90 Å². The first-order valence-electron chi connectivity index (χ1n) is 6.77. The first-order valence-corrected chi connectivity index (χ1v) is 7.15. The molecule has 0 radical (unpaired) electrons. The predicted molar refractivity (Wildman–Crippen MR) is 77.2 cm³/mol. The number of hydrogen-bond donors (Lipinski definition) is 1. The second kappa shape index (κ2) is 5.91. The molecule has 0 saturated carbocycles. The second-order valence-electron chi connectivity index (χ2n) is 5.16. The van der Waals surface area contributed by atoms with Crippen molar-refractivity contribution in [2.45, 2.75) is 25.4 Å². The second-order valence-corrected chi connectivity index (χ2v) is 5.60. The van der Waals surface area contributed by atoms with Crippen LogP contribution in [0.4, 0.5) is 0 Å². The summed E-state index contributed by atoms with van der Waals surface area (Å²) in [6.45, 7) is 2.57. The van der Waals surface area contributed by atoms with Crippen LogP contribution in [0.2, 0.25) is 5.02 Å². The summed E-state index contributed by atoms with van der Waals surface area (Å²) in [5.41, 5.74) is 6.83. The highest BCUT2D eigenvalue weighted by Crippen LogP contribution is 2.20. The number of rotatable bonds is 3. The molecule has 1 aliphatic heterocycles. The van der Waals surface area contributed by atoms with Gasteiger partial charge in [0.25, 0.3) is 0 Å². The molecule has 2 N–H and O–H groups in total. The van der Waals surface area contributed by atoms with Crippen molar-refractivity contribution in [2.75, 3.05) is 13.1 Å². The molecule has 1 aromatic heterocycles. The van der Waals surface area contributed by atoms with Crippen LogP contribution in [0.25, 0.3) is 11.4 Å². The largest absolute Gasteiger partial charge is 0.338 e. The Kier molecular flexibility index (Phi) is 4.00. The SMILES string of the molecule is NC1CCCN(Cc2nc(-c3cccc(Cl)c3)no2)C1. The van der Waals surface area contributed by atoms with Crippen molar-refractivity contribution in [3.05, 3.63) is 35.2 Å². The quantitative estimate of drug-likeness (QED) is 0.940. The fourth-order valence-electron chi connectivity index (χ4n) is 2.49. The lowest BCUT2D eigenvalue weighted by atomic mass is 10.1. The van der Waals surface area contributed by atoms with Crippen LogP contribution in [0.5, 0.6) is 0 Å². The standard InChI is InChI=1S/C14H17ClN4O/c15-11-4-1-3-10(7-11)14-17-13(20-18-14)9-19-6-2-5-12(16)8-19/h1,3-4,7,12H,2,5-6,8-9,16H2. The summed E-state index contributed by atoms with van der Waals surface area (Å²) in [5.74, 6) is 1.19. The molecule has 20 heavy (non-hydrogen) atoms. The first-order chi connectivity index (χ1) is 9.70. The zero-order chi connectivity index (χ0) is 13.9. The molecule has 0 bridgehead atoms. The van der Waals surface area contributed by atoms with Crippen molar-refractivity contribution in [3.63, 3.8) is 0 Å². The third-order valence-electron chi connectivity index (χ3n) is 3.45. The Bertz CT molecular complexity index is 586. The van der Waals surface area contributed by atoms with Gasteiger partial charge in [0.05, 0.1) is 6.54 Å². The normalized spacial score (nSPS) is 20.2. The molecule has 106 valence electrons. The van der Waals surface area contributed by atoms with Crippen molar-refractivity contribution >= 4 is 11.6 Å². The zero-order valence-electron chi connectivity index (χ0n) is 11.1. The molecular weight excluding hydrogens is 276 g/mol. The van der Waals surface area contributed by atoms with Gasteiger partial charge in [-0.25, -0.2) is 0 Å². The van der Waals surface area contributed by atoms with Crippen LogP contribution in [-0.2, 0) is 6.54 Å². The average molecular weight is 293 g/mol. The van der Waals surface area contributed by atoms with Gasteiger partial charge in [-0.15, -0.1) is 0 Å². The highest BCUT2D eigenvalue weighted by molar-refractivity contribution is 6.30. The zero-order valence-corrected chi connectivity index (χ0v) is 11.9. The molecule has 1 aliphatic rings. The Hall–Kier alpha value is -1.43. The van der Waals surface area contributed by atoms with E-state index in [-0.39, 0.29) is 6.04 Å². The lowest BCUT2D eigenvalue weighted by Crippen LogP contribution is -2.42. The van der Waals surface area contributed by atoms with Crippen molar-refractivity contribution in [1.82, 2.24) is 15.0 Å².